The summed E-state index contributed by atoms with van der Waals surface area (Å²) >= 11 is 0. The molecule has 0 fully saturated rings. The van der Waals surface area contributed by atoms with Gasteiger partial charge in [0.25, 0.3) is 17.1 Å². The van der Waals surface area contributed by atoms with E-state index in [1.54, 1.807) is 0 Å². The standard InChI is InChI=1S/C22H19N3O9/c26-17-1-4-20(23(29)30)14(10-17)7-13(8-15-11-18(27)2-5-21(15)24(31)32)9-16-12-19(28)3-6-22(16)25(33)34/h1-6,10-13,26-28H,7-9H2. The van der Waals surface area contributed by atoms with Crippen LogP contribution in [0.25, 0.3) is 0 Å². The van der Waals surface area contributed by atoms with Crippen molar-refractivity contribution >= 4 is 17.1 Å². The predicted molar refractivity (Wildman–Crippen MR) is 119 cm³/mol. The monoisotopic (exact) mass is 469 g/mol. The third-order valence-electron chi connectivity index (χ3n) is 5.31. The van der Waals surface area contributed by atoms with Crippen LogP contribution in [0.5, 0.6) is 17.2 Å². The number of benzene rings is 3. The van der Waals surface area contributed by atoms with Crippen molar-refractivity contribution in [1.29, 1.82) is 0 Å². The Bertz CT molecular complexity index is 1120. The maximum absolute atomic E-state index is 11.5. The number of nitro groups is 3. The molecule has 34 heavy (non-hydrogen) atoms. The van der Waals surface area contributed by atoms with Crippen molar-refractivity contribution in [2.75, 3.05) is 0 Å². The predicted octanol–water partition coefficient (Wildman–Crippen LogP) is 4.17. The lowest BCUT2D eigenvalue weighted by atomic mass is 9.86. The van der Waals surface area contributed by atoms with E-state index >= 15 is 0 Å². The van der Waals surface area contributed by atoms with Crippen molar-refractivity contribution in [2.24, 2.45) is 5.92 Å². The Hall–Kier alpha value is -4.74. The number of hydrogen-bond acceptors (Lipinski definition) is 9. The minimum Gasteiger partial charge on any atom is -0.508 e. The van der Waals surface area contributed by atoms with Crippen molar-refractivity contribution < 1.29 is 30.1 Å². The molecule has 0 atom stereocenters. The molecule has 0 amide bonds. The summed E-state index contributed by atoms with van der Waals surface area (Å²) in [5.41, 5.74) is -0.502. The lowest BCUT2D eigenvalue weighted by Gasteiger charge is -2.18. The van der Waals surface area contributed by atoms with Gasteiger partial charge in [0, 0.05) is 34.9 Å². The van der Waals surface area contributed by atoms with Crippen LogP contribution in [0.2, 0.25) is 0 Å². The molecule has 0 saturated heterocycles. The van der Waals surface area contributed by atoms with Crippen LogP contribution < -0.4 is 0 Å². The summed E-state index contributed by atoms with van der Waals surface area (Å²) in [5, 5.41) is 64.0. The fraction of sp³-hybridized carbons (Fsp3) is 0.182. The van der Waals surface area contributed by atoms with E-state index in [2.05, 4.69) is 0 Å². The van der Waals surface area contributed by atoms with E-state index in [9.17, 15) is 45.7 Å². The zero-order valence-electron chi connectivity index (χ0n) is 17.5. The molecule has 3 N–H and O–H groups in total. The van der Waals surface area contributed by atoms with Gasteiger partial charge in [0.1, 0.15) is 17.2 Å². The molecule has 0 aliphatic rings. The van der Waals surface area contributed by atoms with Crippen LogP contribution in [-0.2, 0) is 19.3 Å². The minimum absolute atomic E-state index is 0.0790. The van der Waals surface area contributed by atoms with Crippen molar-refractivity contribution in [1.82, 2.24) is 0 Å². The highest BCUT2D eigenvalue weighted by atomic mass is 16.6. The van der Waals surface area contributed by atoms with E-state index in [1.165, 1.54) is 18.2 Å². The highest BCUT2D eigenvalue weighted by Crippen LogP contribution is 2.34. The van der Waals surface area contributed by atoms with Crippen LogP contribution in [0, 0.1) is 36.3 Å². The van der Waals surface area contributed by atoms with E-state index in [-0.39, 0.29) is 70.3 Å². The van der Waals surface area contributed by atoms with E-state index in [0.717, 1.165) is 36.4 Å². The number of hydrogen-bond donors (Lipinski definition) is 3. The molecule has 0 saturated carbocycles. The molecular formula is C22H19N3O9. The van der Waals surface area contributed by atoms with Gasteiger partial charge in [-0.2, -0.15) is 0 Å². The zero-order valence-corrected chi connectivity index (χ0v) is 17.5. The number of nitrogens with zero attached hydrogens (tertiary/aromatic N) is 3. The lowest BCUT2D eigenvalue weighted by molar-refractivity contribution is -0.385. The Morgan fingerprint density at radius 1 is 0.559 bits per heavy atom. The zero-order chi connectivity index (χ0) is 25.0. The number of phenolic OH excluding ortho intramolecular Hbond substituents is 3. The maximum Gasteiger partial charge on any atom is 0.272 e. The summed E-state index contributed by atoms with van der Waals surface area (Å²) in [7, 11) is 0. The summed E-state index contributed by atoms with van der Waals surface area (Å²) < 4.78 is 0. The second-order valence-electron chi connectivity index (χ2n) is 7.69. The summed E-state index contributed by atoms with van der Waals surface area (Å²) in [6.45, 7) is 0. The Balaban J connectivity index is 2.09. The van der Waals surface area contributed by atoms with Gasteiger partial charge in [-0.3, -0.25) is 30.3 Å². The molecule has 0 heterocycles. The summed E-state index contributed by atoms with van der Waals surface area (Å²) in [6.07, 6.45) is -0.237. The van der Waals surface area contributed by atoms with Gasteiger partial charge < -0.3 is 15.3 Å². The van der Waals surface area contributed by atoms with E-state index in [0.29, 0.717) is 0 Å². The summed E-state index contributed by atoms with van der Waals surface area (Å²) in [5.74, 6) is -1.37. The van der Waals surface area contributed by atoms with Crippen LogP contribution in [0.1, 0.15) is 16.7 Å². The summed E-state index contributed by atoms with van der Waals surface area (Å²) in [4.78, 5) is 32.5. The molecule has 0 unspecified atom stereocenters. The number of phenols is 3. The minimum atomic E-state index is -0.679. The Kier molecular flexibility index (Phi) is 6.90. The van der Waals surface area contributed by atoms with Crippen molar-refractivity contribution in [3.05, 3.63) is 102 Å². The van der Waals surface area contributed by atoms with E-state index in [1.807, 2.05) is 0 Å². The van der Waals surface area contributed by atoms with Gasteiger partial charge in [0.15, 0.2) is 0 Å². The maximum atomic E-state index is 11.5. The number of rotatable bonds is 9. The third kappa shape index (κ3) is 5.54. The fourth-order valence-electron chi connectivity index (χ4n) is 3.89. The third-order valence-corrected chi connectivity index (χ3v) is 5.31. The Morgan fingerprint density at radius 3 is 1.06 bits per heavy atom. The van der Waals surface area contributed by atoms with Gasteiger partial charge in [0.2, 0.25) is 0 Å². The van der Waals surface area contributed by atoms with Crippen LogP contribution in [0.4, 0.5) is 17.1 Å². The van der Waals surface area contributed by atoms with E-state index in [4.69, 9.17) is 0 Å². The molecule has 3 aromatic rings. The number of nitro benzene ring substituents is 3. The lowest BCUT2D eigenvalue weighted by Crippen LogP contribution is -2.15. The second kappa shape index (κ2) is 9.81. The molecule has 0 aliphatic carbocycles. The molecule has 12 heteroatoms. The summed E-state index contributed by atoms with van der Waals surface area (Å²) in [6, 6.07) is 10.4. The van der Waals surface area contributed by atoms with Crippen LogP contribution in [-0.4, -0.2) is 30.1 Å². The topological polar surface area (TPSA) is 190 Å². The van der Waals surface area contributed by atoms with Crippen molar-refractivity contribution in [2.45, 2.75) is 19.3 Å². The SMILES string of the molecule is O=[N+]([O-])c1ccc(O)cc1CC(Cc1cc(O)ccc1[N+](=O)[O-])Cc1cc(O)ccc1[N+](=O)[O-]. The average molecular weight is 469 g/mol. The molecule has 0 radical (unpaired) electrons. The van der Waals surface area contributed by atoms with Gasteiger partial charge in [-0.15, -0.1) is 0 Å². The molecule has 0 aromatic heterocycles. The molecule has 3 aromatic carbocycles. The smallest absolute Gasteiger partial charge is 0.272 e. The first-order chi connectivity index (χ1) is 16.0. The second-order valence-corrected chi connectivity index (χ2v) is 7.69. The first-order valence-electron chi connectivity index (χ1n) is 9.94. The average Bonchev–Trinajstić information content (AvgIpc) is 2.73. The quantitative estimate of drug-likeness (QED) is 0.305. The number of aromatic hydroxyl groups is 3. The Morgan fingerprint density at radius 2 is 0.824 bits per heavy atom. The Labute approximate surface area is 191 Å². The fourth-order valence-corrected chi connectivity index (χ4v) is 3.89. The molecule has 176 valence electrons. The molecule has 0 aliphatic heterocycles. The van der Waals surface area contributed by atoms with Gasteiger partial charge in [-0.05, 0) is 61.6 Å². The van der Waals surface area contributed by atoms with Gasteiger partial charge in [-0.1, -0.05) is 0 Å². The highest BCUT2D eigenvalue weighted by Gasteiger charge is 2.26. The van der Waals surface area contributed by atoms with Crippen molar-refractivity contribution in [3.63, 3.8) is 0 Å². The molecule has 12 nitrogen and oxygen atoms in total. The molecular weight excluding hydrogens is 450 g/mol. The first-order valence-corrected chi connectivity index (χ1v) is 9.94. The van der Waals surface area contributed by atoms with Gasteiger partial charge in [0.05, 0.1) is 14.8 Å². The first kappa shape index (κ1) is 23.9. The molecule has 0 spiro atoms. The van der Waals surface area contributed by atoms with Crippen molar-refractivity contribution in [3.8, 4) is 17.2 Å². The van der Waals surface area contributed by atoms with Crippen LogP contribution in [0.3, 0.4) is 0 Å². The van der Waals surface area contributed by atoms with Gasteiger partial charge >= 0.3 is 0 Å². The normalized spacial score (nSPS) is 10.9. The van der Waals surface area contributed by atoms with E-state index < -0.39 is 20.7 Å². The largest absolute Gasteiger partial charge is 0.508 e. The highest BCUT2D eigenvalue weighted by molar-refractivity contribution is 5.49. The molecule has 0 bridgehead atoms. The molecule has 3 rings (SSSR count). The van der Waals surface area contributed by atoms with Gasteiger partial charge in [-0.25, -0.2) is 0 Å². The van der Waals surface area contributed by atoms with Crippen LogP contribution >= 0.6 is 0 Å². The van der Waals surface area contributed by atoms with Crippen LogP contribution in [0.15, 0.2) is 54.6 Å².